The Hall–Kier alpha value is -3.09. The highest BCUT2D eigenvalue weighted by Crippen LogP contribution is 2.23. The molecule has 0 aliphatic rings. The SMILES string of the molecule is CNc1ccc([N+](=O)[O-])cc1C(=O)N(C)Cc1ccc(O)cc1. The van der Waals surface area contributed by atoms with Crippen LogP contribution in [0.3, 0.4) is 0 Å². The first-order valence-electron chi connectivity index (χ1n) is 6.92. The third-order valence-electron chi connectivity index (χ3n) is 3.42. The van der Waals surface area contributed by atoms with Crippen LogP contribution in [0.5, 0.6) is 5.75 Å². The number of hydrogen-bond acceptors (Lipinski definition) is 5. The van der Waals surface area contributed by atoms with Gasteiger partial charge in [-0.15, -0.1) is 0 Å². The van der Waals surface area contributed by atoms with Crippen LogP contribution in [0.2, 0.25) is 0 Å². The summed E-state index contributed by atoms with van der Waals surface area (Å²) in [6.45, 7) is 0.324. The van der Waals surface area contributed by atoms with Crippen molar-refractivity contribution >= 4 is 17.3 Å². The monoisotopic (exact) mass is 315 g/mol. The maximum atomic E-state index is 12.6. The molecule has 2 rings (SSSR count). The number of nitrogens with zero attached hydrogens (tertiary/aromatic N) is 2. The molecule has 7 nitrogen and oxygen atoms in total. The number of non-ortho nitro benzene ring substituents is 1. The summed E-state index contributed by atoms with van der Waals surface area (Å²) < 4.78 is 0. The molecule has 0 saturated carbocycles. The van der Waals surface area contributed by atoms with Crippen LogP contribution in [0.1, 0.15) is 15.9 Å². The fraction of sp³-hybridized carbons (Fsp3) is 0.188. The third-order valence-corrected chi connectivity index (χ3v) is 3.42. The molecule has 0 atom stereocenters. The number of rotatable bonds is 5. The lowest BCUT2D eigenvalue weighted by atomic mass is 10.1. The zero-order chi connectivity index (χ0) is 17.0. The van der Waals surface area contributed by atoms with Crippen molar-refractivity contribution in [3.8, 4) is 5.75 Å². The molecule has 2 N–H and O–H groups in total. The first-order chi connectivity index (χ1) is 10.9. The predicted molar refractivity (Wildman–Crippen MR) is 86.5 cm³/mol. The molecule has 0 heterocycles. The third kappa shape index (κ3) is 3.76. The van der Waals surface area contributed by atoms with E-state index in [0.717, 1.165) is 5.56 Å². The van der Waals surface area contributed by atoms with Crippen molar-refractivity contribution in [2.24, 2.45) is 0 Å². The van der Waals surface area contributed by atoms with Gasteiger partial charge in [-0.25, -0.2) is 0 Å². The average Bonchev–Trinajstić information content (AvgIpc) is 2.55. The van der Waals surface area contributed by atoms with E-state index < -0.39 is 4.92 Å². The van der Waals surface area contributed by atoms with Gasteiger partial charge in [0.25, 0.3) is 11.6 Å². The van der Waals surface area contributed by atoms with Gasteiger partial charge in [0, 0.05) is 38.5 Å². The van der Waals surface area contributed by atoms with Crippen LogP contribution < -0.4 is 5.32 Å². The highest BCUT2D eigenvalue weighted by atomic mass is 16.6. The van der Waals surface area contributed by atoms with Crippen LogP contribution in [-0.4, -0.2) is 34.9 Å². The summed E-state index contributed by atoms with van der Waals surface area (Å²) in [5.41, 5.74) is 1.47. The van der Waals surface area contributed by atoms with Crippen LogP contribution in [0.15, 0.2) is 42.5 Å². The van der Waals surface area contributed by atoms with Crippen LogP contribution in [-0.2, 0) is 6.54 Å². The van der Waals surface area contributed by atoms with Crippen molar-refractivity contribution in [3.63, 3.8) is 0 Å². The van der Waals surface area contributed by atoms with E-state index in [4.69, 9.17) is 0 Å². The van der Waals surface area contributed by atoms with E-state index in [2.05, 4.69) is 5.32 Å². The molecule has 0 bridgehead atoms. The summed E-state index contributed by atoms with van der Waals surface area (Å²) in [6, 6.07) is 10.6. The number of anilines is 1. The van der Waals surface area contributed by atoms with E-state index >= 15 is 0 Å². The second-order valence-corrected chi connectivity index (χ2v) is 5.06. The van der Waals surface area contributed by atoms with Crippen LogP contribution in [0.4, 0.5) is 11.4 Å². The van der Waals surface area contributed by atoms with Crippen molar-refractivity contribution in [1.29, 1.82) is 0 Å². The van der Waals surface area contributed by atoms with Gasteiger partial charge in [0.1, 0.15) is 5.75 Å². The maximum absolute atomic E-state index is 12.6. The van der Waals surface area contributed by atoms with E-state index in [9.17, 15) is 20.0 Å². The Morgan fingerprint density at radius 1 is 1.26 bits per heavy atom. The van der Waals surface area contributed by atoms with Crippen LogP contribution in [0, 0.1) is 10.1 Å². The molecule has 0 radical (unpaired) electrons. The van der Waals surface area contributed by atoms with Gasteiger partial charge in [-0.1, -0.05) is 12.1 Å². The van der Waals surface area contributed by atoms with E-state index in [1.54, 1.807) is 38.4 Å². The average molecular weight is 315 g/mol. The molecule has 0 aromatic heterocycles. The summed E-state index contributed by atoms with van der Waals surface area (Å²) >= 11 is 0. The molecular weight excluding hydrogens is 298 g/mol. The Labute approximate surface area is 133 Å². The number of carbonyl (C=O) groups is 1. The molecule has 2 aromatic carbocycles. The number of nitro benzene ring substituents is 1. The number of carbonyl (C=O) groups excluding carboxylic acids is 1. The highest BCUT2D eigenvalue weighted by molar-refractivity contribution is 6.00. The van der Waals surface area contributed by atoms with Crippen molar-refractivity contribution in [3.05, 3.63) is 63.7 Å². The fourth-order valence-corrected chi connectivity index (χ4v) is 2.19. The van der Waals surface area contributed by atoms with Crippen LogP contribution in [0.25, 0.3) is 0 Å². The number of phenols is 1. The first-order valence-corrected chi connectivity index (χ1v) is 6.92. The molecule has 0 saturated heterocycles. The molecule has 23 heavy (non-hydrogen) atoms. The number of aromatic hydroxyl groups is 1. The van der Waals surface area contributed by atoms with E-state index in [0.29, 0.717) is 12.2 Å². The van der Waals surface area contributed by atoms with Gasteiger partial charge in [0.05, 0.1) is 10.5 Å². The van der Waals surface area contributed by atoms with Gasteiger partial charge in [-0.2, -0.15) is 0 Å². The minimum absolute atomic E-state index is 0.134. The Morgan fingerprint density at radius 3 is 2.48 bits per heavy atom. The number of amides is 1. The van der Waals surface area contributed by atoms with E-state index in [1.807, 2.05) is 0 Å². The highest BCUT2D eigenvalue weighted by Gasteiger charge is 2.19. The van der Waals surface area contributed by atoms with Crippen molar-refractivity contribution < 1.29 is 14.8 Å². The number of nitrogens with one attached hydrogen (secondary N) is 1. The van der Waals surface area contributed by atoms with Gasteiger partial charge in [-0.05, 0) is 23.8 Å². The van der Waals surface area contributed by atoms with Crippen molar-refractivity contribution in [1.82, 2.24) is 4.90 Å². The zero-order valence-corrected chi connectivity index (χ0v) is 12.8. The summed E-state index contributed by atoms with van der Waals surface area (Å²) in [4.78, 5) is 24.4. The summed E-state index contributed by atoms with van der Waals surface area (Å²) in [6.07, 6.45) is 0. The fourth-order valence-electron chi connectivity index (χ4n) is 2.19. The lowest BCUT2D eigenvalue weighted by Crippen LogP contribution is -2.27. The van der Waals surface area contributed by atoms with E-state index in [-0.39, 0.29) is 22.9 Å². The van der Waals surface area contributed by atoms with Gasteiger partial charge in [-0.3, -0.25) is 14.9 Å². The second kappa shape index (κ2) is 6.78. The van der Waals surface area contributed by atoms with Crippen LogP contribution >= 0.6 is 0 Å². The molecule has 120 valence electrons. The van der Waals surface area contributed by atoms with Gasteiger partial charge < -0.3 is 15.3 Å². The van der Waals surface area contributed by atoms with Gasteiger partial charge in [0.15, 0.2) is 0 Å². The summed E-state index contributed by atoms with van der Waals surface area (Å²) in [5.74, 6) is -0.176. The topological polar surface area (TPSA) is 95.7 Å². The smallest absolute Gasteiger partial charge is 0.270 e. The lowest BCUT2D eigenvalue weighted by molar-refractivity contribution is -0.384. The minimum Gasteiger partial charge on any atom is -0.508 e. The molecule has 0 unspecified atom stereocenters. The second-order valence-electron chi connectivity index (χ2n) is 5.06. The number of phenolic OH excluding ortho intramolecular Hbond substituents is 1. The Balaban J connectivity index is 2.25. The Morgan fingerprint density at radius 2 is 1.91 bits per heavy atom. The normalized spacial score (nSPS) is 10.2. The maximum Gasteiger partial charge on any atom is 0.270 e. The Bertz CT molecular complexity index is 729. The Kier molecular flexibility index (Phi) is 4.80. The molecule has 0 spiro atoms. The number of nitro groups is 1. The zero-order valence-electron chi connectivity index (χ0n) is 12.8. The standard InChI is InChI=1S/C16H17N3O4/c1-17-15-8-5-12(19(22)23)9-14(15)16(21)18(2)10-11-3-6-13(20)7-4-11/h3-9,17,20H,10H2,1-2H3. The molecule has 7 heteroatoms. The van der Waals surface area contributed by atoms with Crippen molar-refractivity contribution in [2.45, 2.75) is 6.54 Å². The molecule has 2 aromatic rings. The van der Waals surface area contributed by atoms with Crippen molar-refractivity contribution in [2.75, 3.05) is 19.4 Å². The summed E-state index contributed by atoms with van der Waals surface area (Å²) in [7, 11) is 3.27. The number of hydrogen-bond donors (Lipinski definition) is 2. The largest absolute Gasteiger partial charge is 0.508 e. The quantitative estimate of drug-likeness (QED) is 0.653. The molecular formula is C16H17N3O4. The van der Waals surface area contributed by atoms with E-state index in [1.165, 1.54) is 23.1 Å². The van der Waals surface area contributed by atoms with Gasteiger partial charge in [0.2, 0.25) is 0 Å². The predicted octanol–water partition coefficient (Wildman–Crippen LogP) is 2.61. The van der Waals surface area contributed by atoms with Gasteiger partial charge >= 0.3 is 0 Å². The molecule has 1 amide bonds. The first kappa shape index (κ1) is 16.3. The lowest BCUT2D eigenvalue weighted by Gasteiger charge is -2.19. The molecule has 0 aliphatic heterocycles. The molecule has 0 aliphatic carbocycles. The minimum atomic E-state index is -0.532. The number of benzene rings is 2. The summed E-state index contributed by atoms with van der Waals surface area (Å²) in [5, 5.41) is 23.0. The molecule has 0 fully saturated rings.